The van der Waals surface area contributed by atoms with Crippen LogP contribution in [0.3, 0.4) is 0 Å². The number of nitrogens with zero attached hydrogens (tertiary/aromatic N) is 1. The third-order valence-electron chi connectivity index (χ3n) is 4.20. The van der Waals surface area contributed by atoms with Gasteiger partial charge in [-0.15, -0.1) is 0 Å². The van der Waals surface area contributed by atoms with Crippen LogP contribution in [-0.4, -0.2) is 42.1 Å². The van der Waals surface area contributed by atoms with Crippen LogP contribution in [0, 0.1) is 11.7 Å². The third kappa shape index (κ3) is 3.52. The van der Waals surface area contributed by atoms with Gasteiger partial charge in [0, 0.05) is 12.0 Å². The number of aldehydes is 1. The van der Waals surface area contributed by atoms with E-state index in [1.165, 1.54) is 6.07 Å². The van der Waals surface area contributed by atoms with Crippen molar-refractivity contribution in [2.45, 2.75) is 45.3 Å². The monoisotopic (exact) mass is 335 g/mol. The average Bonchev–Trinajstić information content (AvgIpc) is 2.84. The zero-order valence-corrected chi connectivity index (χ0v) is 14.2. The van der Waals surface area contributed by atoms with Crippen molar-refractivity contribution >= 4 is 12.4 Å². The molecule has 1 amide bonds. The van der Waals surface area contributed by atoms with Gasteiger partial charge < -0.3 is 19.2 Å². The number of carbonyl (C=O) groups excluding carboxylic acids is 2. The Labute approximate surface area is 140 Å². The smallest absolute Gasteiger partial charge is 0.410 e. The van der Waals surface area contributed by atoms with Crippen molar-refractivity contribution in [3.63, 3.8) is 0 Å². The predicted octanol–water partition coefficient (Wildman–Crippen LogP) is 2.74. The minimum Gasteiger partial charge on any atom is -0.487 e. The summed E-state index contributed by atoms with van der Waals surface area (Å²) >= 11 is 0. The predicted molar refractivity (Wildman–Crippen MR) is 85.6 cm³/mol. The summed E-state index contributed by atoms with van der Waals surface area (Å²) in [4.78, 5) is 24.3. The first-order valence-electron chi connectivity index (χ1n) is 8.16. The van der Waals surface area contributed by atoms with Crippen LogP contribution in [0.15, 0.2) is 12.1 Å². The lowest BCUT2D eigenvalue weighted by Crippen LogP contribution is -2.57. The Morgan fingerprint density at radius 2 is 2.00 bits per heavy atom. The second-order valence-electron chi connectivity index (χ2n) is 7.47. The Kier molecular flexibility index (Phi) is 4.24. The number of ether oxygens (including phenoxy) is 2. The van der Waals surface area contributed by atoms with Crippen LogP contribution in [0.1, 0.15) is 31.9 Å². The highest BCUT2D eigenvalue weighted by Crippen LogP contribution is 2.32. The minimum atomic E-state index is -0.527. The molecule has 1 saturated heterocycles. The molecule has 0 saturated carbocycles. The first kappa shape index (κ1) is 16.7. The summed E-state index contributed by atoms with van der Waals surface area (Å²) in [6.45, 7) is 6.30. The van der Waals surface area contributed by atoms with Crippen molar-refractivity contribution in [3.8, 4) is 5.75 Å². The van der Waals surface area contributed by atoms with Crippen LogP contribution < -0.4 is 4.74 Å². The number of rotatable bonds is 3. The van der Waals surface area contributed by atoms with Crippen molar-refractivity contribution in [2.24, 2.45) is 5.92 Å². The number of halogens is 1. The van der Waals surface area contributed by atoms with Crippen molar-refractivity contribution in [1.29, 1.82) is 0 Å². The fourth-order valence-electron chi connectivity index (χ4n) is 3.04. The number of benzene rings is 1. The van der Waals surface area contributed by atoms with E-state index >= 15 is 0 Å². The zero-order chi connectivity index (χ0) is 17.5. The Morgan fingerprint density at radius 3 is 2.62 bits per heavy atom. The molecule has 24 heavy (non-hydrogen) atoms. The van der Waals surface area contributed by atoms with E-state index in [0.717, 1.165) is 11.8 Å². The van der Waals surface area contributed by atoms with E-state index in [1.807, 2.05) is 20.8 Å². The van der Waals surface area contributed by atoms with Crippen LogP contribution in [0.5, 0.6) is 5.75 Å². The molecule has 0 N–H and O–H groups in total. The molecule has 1 unspecified atom stereocenters. The molecule has 1 fully saturated rings. The molecule has 0 aromatic heterocycles. The normalized spacial score (nSPS) is 20.3. The molecular weight excluding hydrogens is 313 g/mol. The largest absolute Gasteiger partial charge is 0.487 e. The Bertz CT molecular complexity index is 662. The Balaban J connectivity index is 1.57. The molecule has 1 aromatic carbocycles. The average molecular weight is 335 g/mol. The summed E-state index contributed by atoms with van der Waals surface area (Å²) in [6, 6.07) is 3.17. The highest BCUT2D eigenvalue weighted by Gasteiger charge is 2.35. The van der Waals surface area contributed by atoms with Gasteiger partial charge in [-0.25, -0.2) is 9.18 Å². The lowest BCUT2D eigenvalue weighted by Gasteiger charge is -2.39. The number of fused-ring (bicyclic) bond motifs is 1. The van der Waals surface area contributed by atoms with E-state index in [0.29, 0.717) is 37.2 Å². The maximum atomic E-state index is 14.1. The van der Waals surface area contributed by atoms with E-state index in [9.17, 15) is 14.0 Å². The quantitative estimate of drug-likeness (QED) is 0.797. The van der Waals surface area contributed by atoms with Gasteiger partial charge in [0.25, 0.3) is 0 Å². The molecule has 0 spiro atoms. The summed E-state index contributed by atoms with van der Waals surface area (Å²) < 4.78 is 25.2. The lowest BCUT2D eigenvalue weighted by atomic mass is 10.1. The molecule has 1 atom stereocenters. The fourth-order valence-corrected chi connectivity index (χ4v) is 3.04. The maximum Gasteiger partial charge on any atom is 0.410 e. The number of likely N-dealkylation sites (tertiary alicyclic amines) is 1. The van der Waals surface area contributed by atoms with Gasteiger partial charge in [0.15, 0.2) is 0 Å². The van der Waals surface area contributed by atoms with Gasteiger partial charge in [0.2, 0.25) is 0 Å². The molecule has 3 rings (SSSR count). The van der Waals surface area contributed by atoms with Crippen molar-refractivity contribution in [2.75, 3.05) is 13.1 Å². The van der Waals surface area contributed by atoms with Gasteiger partial charge in [-0.2, -0.15) is 0 Å². The first-order valence-corrected chi connectivity index (χ1v) is 8.16. The standard InChI is InChI=1S/C18H22FNO4/c1-18(2,3)24-17(22)20-8-14(9-20)23-13-6-12-4-11(10-21)5-15(12)16(19)7-13/h6-7,10-11,14H,4-5,8-9H2,1-3H3. The summed E-state index contributed by atoms with van der Waals surface area (Å²) in [5, 5.41) is 0. The van der Waals surface area contributed by atoms with E-state index in [-0.39, 0.29) is 23.9 Å². The SMILES string of the molecule is CC(C)(C)OC(=O)N1CC(Oc2cc(F)c3c(c2)CC(C=O)C3)C1. The van der Waals surface area contributed by atoms with Gasteiger partial charge in [-0.1, -0.05) is 0 Å². The Morgan fingerprint density at radius 1 is 1.29 bits per heavy atom. The van der Waals surface area contributed by atoms with Crippen LogP contribution >= 0.6 is 0 Å². The van der Waals surface area contributed by atoms with E-state index in [2.05, 4.69) is 0 Å². The van der Waals surface area contributed by atoms with E-state index < -0.39 is 5.60 Å². The molecule has 1 aliphatic carbocycles. The number of amides is 1. The van der Waals surface area contributed by atoms with Crippen molar-refractivity contribution in [3.05, 3.63) is 29.1 Å². The zero-order valence-electron chi connectivity index (χ0n) is 14.2. The third-order valence-corrected chi connectivity index (χ3v) is 4.20. The van der Waals surface area contributed by atoms with E-state index in [1.54, 1.807) is 11.0 Å². The second kappa shape index (κ2) is 6.07. The van der Waals surface area contributed by atoms with Crippen LogP contribution in [-0.2, 0) is 22.4 Å². The highest BCUT2D eigenvalue weighted by molar-refractivity contribution is 5.69. The molecule has 2 aliphatic rings. The summed E-state index contributed by atoms with van der Waals surface area (Å²) in [6.07, 6.45) is 1.36. The Hall–Kier alpha value is -2.11. The lowest BCUT2D eigenvalue weighted by molar-refractivity contribution is -0.110. The minimum absolute atomic E-state index is 0.142. The summed E-state index contributed by atoms with van der Waals surface area (Å²) in [5.74, 6) is -0.0158. The molecule has 1 aromatic rings. The molecule has 5 nitrogen and oxygen atoms in total. The van der Waals surface area contributed by atoms with Crippen molar-refractivity contribution in [1.82, 2.24) is 4.90 Å². The van der Waals surface area contributed by atoms with Gasteiger partial charge >= 0.3 is 6.09 Å². The molecule has 0 radical (unpaired) electrons. The molecule has 6 heteroatoms. The summed E-state index contributed by atoms with van der Waals surface area (Å²) in [5.41, 5.74) is 0.926. The second-order valence-corrected chi connectivity index (χ2v) is 7.47. The fraction of sp³-hybridized carbons (Fsp3) is 0.556. The van der Waals surface area contributed by atoms with E-state index in [4.69, 9.17) is 9.47 Å². The van der Waals surface area contributed by atoms with Crippen molar-refractivity contribution < 1.29 is 23.5 Å². The number of carbonyl (C=O) groups is 2. The molecular formula is C18H22FNO4. The van der Waals surface area contributed by atoms with Crippen LogP contribution in [0.25, 0.3) is 0 Å². The van der Waals surface area contributed by atoms with Gasteiger partial charge in [0.1, 0.15) is 29.6 Å². The first-order chi connectivity index (χ1) is 11.2. The van der Waals surface area contributed by atoms with Crippen LogP contribution in [0.4, 0.5) is 9.18 Å². The molecule has 1 aliphatic heterocycles. The maximum absolute atomic E-state index is 14.1. The number of hydrogen-bond donors (Lipinski definition) is 0. The topological polar surface area (TPSA) is 55.8 Å². The molecule has 1 heterocycles. The van der Waals surface area contributed by atoms with Gasteiger partial charge in [0.05, 0.1) is 13.1 Å². The number of hydrogen-bond acceptors (Lipinski definition) is 4. The molecule has 130 valence electrons. The summed E-state index contributed by atoms with van der Waals surface area (Å²) in [7, 11) is 0. The van der Waals surface area contributed by atoms with Gasteiger partial charge in [-0.3, -0.25) is 0 Å². The van der Waals surface area contributed by atoms with Crippen LogP contribution in [0.2, 0.25) is 0 Å². The van der Waals surface area contributed by atoms with Gasteiger partial charge in [-0.05, 0) is 50.8 Å². The molecule has 0 bridgehead atoms. The highest BCUT2D eigenvalue weighted by atomic mass is 19.1.